The fourth-order valence-electron chi connectivity index (χ4n) is 2.95. The smallest absolute Gasteiger partial charge is 0.191 e. The second kappa shape index (κ2) is 9.65. The number of hydrogen-bond donors (Lipinski definition) is 2. The number of nitrogens with zero attached hydrogens (tertiary/aromatic N) is 3. The van der Waals surface area contributed by atoms with E-state index in [1.165, 1.54) is 11.3 Å². The Morgan fingerprint density at radius 3 is 2.67 bits per heavy atom. The summed E-state index contributed by atoms with van der Waals surface area (Å²) in [7, 11) is 3.75. The lowest BCUT2D eigenvalue weighted by Gasteiger charge is -2.21. The van der Waals surface area contributed by atoms with Gasteiger partial charge in [-0.3, -0.25) is 9.67 Å². The Balaban J connectivity index is 1.84. The second-order valence-corrected chi connectivity index (χ2v) is 7.30. The van der Waals surface area contributed by atoms with Gasteiger partial charge < -0.3 is 15.4 Å². The van der Waals surface area contributed by atoms with Crippen LogP contribution in [-0.4, -0.2) is 41.5 Å². The molecule has 148 valence electrons. The number of halogens is 1. The van der Waals surface area contributed by atoms with Crippen LogP contribution >= 0.6 is 11.6 Å². The van der Waals surface area contributed by atoms with Crippen molar-refractivity contribution in [2.45, 2.75) is 46.3 Å². The molecule has 0 fully saturated rings. The molecule has 2 rings (SSSR count). The van der Waals surface area contributed by atoms with Crippen LogP contribution in [0.25, 0.3) is 0 Å². The van der Waals surface area contributed by atoms with E-state index >= 15 is 0 Å². The molecule has 0 aliphatic rings. The lowest BCUT2D eigenvalue weighted by Crippen LogP contribution is -2.45. The molecule has 2 N–H and O–H groups in total. The number of benzene rings is 1. The molecule has 0 saturated heterocycles. The van der Waals surface area contributed by atoms with Gasteiger partial charge in [0.05, 0.1) is 12.2 Å². The van der Waals surface area contributed by atoms with Gasteiger partial charge in [0.15, 0.2) is 5.96 Å². The van der Waals surface area contributed by atoms with E-state index in [2.05, 4.69) is 41.5 Å². The van der Waals surface area contributed by atoms with Crippen molar-refractivity contribution in [2.75, 3.05) is 13.6 Å². The first-order valence-electron chi connectivity index (χ1n) is 9.18. The first-order valence-corrected chi connectivity index (χ1v) is 9.56. The lowest BCUT2D eigenvalue weighted by atomic mass is 10.1. The monoisotopic (exact) mass is 391 g/mol. The first kappa shape index (κ1) is 21.1. The zero-order valence-corrected chi connectivity index (χ0v) is 17.8. The van der Waals surface area contributed by atoms with Gasteiger partial charge in [-0.25, -0.2) is 0 Å². The zero-order chi connectivity index (χ0) is 20.0. The molecule has 2 atom stereocenters. The van der Waals surface area contributed by atoms with E-state index in [-0.39, 0.29) is 12.1 Å². The summed E-state index contributed by atoms with van der Waals surface area (Å²) >= 11 is 6.00. The van der Waals surface area contributed by atoms with Gasteiger partial charge in [-0.15, -0.1) is 0 Å². The van der Waals surface area contributed by atoms with E-state index < -0.39 is 0 Å². The third kappa shape index (κ3) is 6.17. The highest BCUT2D eigenvalue weighted by molar-refractivity contribution is 6.30. The number of nitrogens with one attached hydrogen (secondary N) is 2. The SMILES string of the molecule is CN=C(NCC(C)Oc1cccc(Cl)c1)NC(C)Cc1c(C)nn(C)c1C. The van der Waals surface area contributed by atoms with Gasteiger partial charge in [0.1, 0.15) is 11.9 Å². The quantitative estimate of drug-likeness (QED) is 0.561. The Kier molecular flexibility index (Phi) is 7.54. The summed E-state index contributed by atoms with van der Waals surface area (Å²) in [4.78, 5) is 4.31. The first-order chi connectivity index (χ1) is 12.8. The van der Waals surface area contributed by atoms with E-state index in [0.29, 0.717) is 11.6 Å². The molecule has 6 nitrogen and oxygen atoms in total. The van der Waals surface area contributed by atoms with Crippen molar-refractivity contribution in [2.24, 2.45) is 12.0 Å². The molecule has 0 radical (unpaired) electrons. The van der Waals surface area contributed by atoms with Gasteiger partial charge in [-0.2, -0.15) is 5.10 Å². The van der Waals surface area contributed by atoms with Gasteiger partial charge in [-0.1, -0.05) is 17.7 Å². The van der Waals surface area contributed by atoms with Crippen molar-refractivity contribution in [1.29, 1.82) is 0 Å². The summed E-state index contributed by atoms with van der Waals surface area (Å²) in [5.41, 5.74) is 3.56. The number of aryl methyl sites for hydroxylation is 2. The summed E-state index contributed by atoms with van der Waals surface area (Å²) in [6.07, 6.45) is 0.862. The van der Waals surface area contributed by atoms with Gasteiger partial charge in [-0.05, 0) is 57.9 Å². The normalized spacial score (nSPS) is 14.0. The summed E-state index contributed by atoms with van der Waals surface area (Å²) in [6.45, 7) is 8.93. The average molecular weight is 392 g/mol. The standard InChI is InChI=1S/C20H30ClN5O/c1-13(10-19-15(3)25-26(6)16(19)4)24-20(22-5)23-12-14(2)27-18-9-7-8-17(21)11-18/h7-9,11,13-14H,10,12H2,1-6H3,(H2,22,23,24). The van der Waals surface area contributed by atoms with Crippen LogP contribution in [0.1, 0.15) is 30.8 Å². The topological polar surface area (TPSA) is 63.5 Å². The number of ether oxygens (including phenoxy) is 1. The van der Waals surface area contributed by atoms with Crippen LogP contribution in [0.2, 0.25) is 5.02 Å². The molecule has 1 aromatic carbocycles. The maximum Gasteiger partial charge on any atom is 0.191 e. The average Bonchev–Trinajstić information content (AvgIpc) is 2.84. The molecule has 0 saturated carbocycles. The zero-order valence-electron chi connectivity index (χ0n) is 17.0. The van der Waals surface area contributed by atoms with Crippen molar-refractivity contribution in [1.82, 2.24) is 20.4 Å². The van der Waals surface area contributed by atoms with Crippen molar-refractivity contribution in [3.8, 4) is 5.75 Å². The molecule has 2 unspecified atom stereocenters. The van der Waals surface area contributed by atoms with E-state index in [0.717, 1.165) is 23.8 Å². The van der Waals surface area contributed by atoms with Crippen molar-refractivity contribution < 1.29 is 4.74 Å². The van der Waals surface area contributed by atoms with Gasteiger partial charge in [0.25, 0.3) is 0 Å². The Morgan fingerprint density at radius 1 is 1.33 bits per heavy atom. The van der Waals surface area contributed by atoms with Gasteiger partial charge in [0.2, 0.25) is 0 Å². The van der Waals surface area contributed by atoms with Crippen LogP contribution in [0.4, 0.5) is 0 Å². The van der Waals surface area contributed by atoms with Crippen molar-refractivity contribution in [3.63, 3.8) is 0 Å². The summed E-state index contributed by atoms with van der Waals surface area (Å²) in [6, 6.07) is 7.64. The summed E-state index contributed by atoms with van der Waals surface area (Å²) in [5, 5.41) is 11.9. The number of guanidine groups is 1. The van der Waals surface area contributed by atoms with Crippen LogP contribution in [0.15, 0.2) is 29.3 Å². The molecule has 7 heteroatoms. The van der Waals surface area contributed by atoms with E-state index in [9.17, 15) is 0 Å². The predicted molar refractivity (Wildman–Crippen MR) is 112 cm³/mol. The number of hydrogen-bond acceptors (Lipinski definition) is 3. The molecular weight excluding hydrogens is 362 g/mol. The molecule has 1 heterocycles. The minimum Gasteiger partial charge on any atom is -0.489 e. The minimum absolute atomic E-state index is 0.0277. The molecule has 0 aliphatic heterocycles. The molecule has 0 spiro atoms. The van der Waals surface area contributed by atoms with Crippen LogP contribution in [0, 0.1) is 13.8 Å². The van der Waals surface area contributed by atoms with E-state index in [4.69, 9.17) is 16.3 Å². The molecule has 0 aliphatic carbocycles. The Bertz CT molecular complexity index is 787. The number of rotatable bonds is 7. The van der Waals surface area contributed by atoms with Gasteiger partial charge in [0, 0.05) is 30.9 Å². The van der Waals surface area contributed by atoms with Crippen molar-refractivity contribution in [3.05, 3.63) is 46.2 Å². The largest absolute Gasteiger partial charge is 0.489 e. The molecule has 0 amide bonds. The van der Waals surface area contributed by atoms with Crippen molar-refractivity contribution >= 4 is 17.6 Å². The number of aliphatic imine (C=N–C) groups is 1. The van der Waals surface area contributed by atoms with Crippen LogP contribution < -0.4 is 15.4 Å². The molecule has 2 aromatic rings. The summed E-state index contributed by atoms with van der Waals surface area (Å²) < 4.78 is 7.81. The number of aromatic nitrogens is 2. The van der Waals surface area contributed by atoms with E-state index in [1.807, 2.05) is 42.9 Å². The Labute approximate surface area is 167 Å². The Morgan fingerprint density at radius 2 is 2.07 bits per heavy atom. The Hall–Kier alpha value is -2.21. The highest BCUT2D eigenvalue weighted by Gasteiger charge is 2.14. The molecular formula is C20H30ClN5O. The third-order valence-electron chi connectivity index (χ3n) is 4.47. The van der Waals surface area contributed by atoms with Gasteiger partial charge >= 0.3 is 0 Å². The highest BCUT2D eigenvalue weighted by Crippen LogP contribution is 2.18. The van der Waals surface area contributed by atoms with E-state index in [1.54, 1.807) is 7.05 Å². The van der Waals surface area contributed by atoms with Crippen LogP contribution in [-0.2, 0) is 13.5 Å². The minimum atomic E-state index is -0.0277. The fourth-order valence-corrected chi connectivity index (χ4v) is 3.13. The maximum absolute atomic E-state index is 6.00. The molecule has 0 bridgehead atoms. The highest BCUT2D eigenvalue weighted by atomic mass is 35.5. The second-order valence-electron chi connectivity index (χ2n) is 6.86. The molecule has 27 heavy (non-hydrogen) atoms. The third-order valence-corrected chi connectivity index (χ3v) is 4.70. The molecule has 1 aromatic heterocycles. The fraction of sp³-hybridized carbons (Fsp3) is 0.500. The predicted octanol–water partition coefficient (Wildman–Crippen LogP) is 3.25. The maximum atomic E-state index is 6.00. The summed E-state index contributed by atoms with van der Waals surface area (Å²) in [5.74, 6) is 1.51. The van der Waals surface area contributed by atoms with Crippen LogP contribution in [0.3, 0.4) is 0 Å². The lowest BCUT2D eigenvalue weighted by molar-refractivity contribution is 0.223. The van der Waals surface area contributed by atoms with Crippen LogP contribution in [0.5, 0.6) is 5.75 Å².